The molecule has 1 heterocycles. The molecule has 2 N–H and O–H groups in total. The van der Waals surface area contributed by atoms with Gasteiger partial charge in [-0.15, -0.1) is 5.10 Å². The van der Waals surface area contributed by atoms with Gasteiger partial charge in [0, 0.05) is 11.6 Å². The zero-order valence-electron chi connectivity index (χ0n) is 13.0. The molecule has 0 spiro atoms. The Labute approximate surface area is 134 Å². The molecule has 1 unspecified atom stereocenters. The molecule has 2 aromatic rings. The molecule has 0 saturated carbocycles. The van der Waals surface area contributed by atoms with E-state index in [1.165, 1.54) is 31.3 Å². The number of anilines is 2. The monoisotopic (exact) mass is 338 g/mol. The molecule has 9 nitrogen and oxygen atoms in total. The molecule has 1 atom stereocenters. The van der Waals surface area contributed by atoms with E-state index < -0.39 is 10.0 Å². The number of nitrogens with zero attached hydrogens (tertiary/aromatic N) is 4. The SMILES string of the molecule is CCC(C)C(=O)Nc1ccc(S(=O)(=O)Nc2nnn(C)n2)cc1. The average Bonchev–Trinajstić information content (AvgIpc) is 2.91. The number of aryl methyl sites for hydroxylation is 1. The second-order valence-corrected chi connectivity index (χ2v) is 6.71. The molecular formula is C13H18N6O3S. The largest absolute Gasteiger partial charge is 0.326 e. The lowest BCUT2D eigenvalue weighted by atomic mass is 10.1. The first kappa shape index (κ1) is 16.9. The van der Waals surface area contributed by atoms with Gasteiger partial charge >= 0.3 is 0 Å². The normalized spacial score (nSPS) is 12.7. The highest BCUT2D eigenvalue weighted by Crippen LogP contribution is 2.17. The number of rotatable bonds is 6. The number of hydrogen-bond donors (Lipinski definition) is 2. The van der Waals surface area contributed by atoms with Crippen molar-refractivity contribution in [1.82, 2.24) is 20.2 Å². The molecule has 2 rings (SSSR count). The first-order chi connectivity index (χ1) is 10.8. The second-order valence-electron chi connectivity index (χ2n) is 5.03. The smallest absolute Gasteiger partial charge is 0.277 e. The summed E-state index contributed by atoms with van der Waals surface area (Å²) in [6.45, 7) is 3.75. The van der Waals surface area contributed by atoms with Crippen LogP contribution in [0, 0.1) is 5.92 Å². The lowest BCUT2D eigenvalue weighted by molar-refractivity contribution is -0.119. The van der Waals surface area contributed by atoms with Gasteiger partial charge in [0.15, 0.2) is 0 Å². The van der Waals surface area contributed by atoms with Crippen LogP contribution in [0.3, 0.4) is 0 Å². The van der Waals surface area contributed by atoms with Crippen LogP contribution in [0.25, 0.3) is 0 Å². The average molecular weight is 338 g/mol. The number of carbonyl (C=O) groups is 1. The van der Waals surface area contributed by atoms with Crippen molar-refractivity contribution in [3.05, 3.63) is 24.3 Å². The van der Waals surface area contributed by atoms with Gasteiger partial charge in [-0.2, -0.15) is 4.80 Å². The minimum atomic E-state index is -3.81. The Kier molecular flexibility index (Phi) is 4.94. The van der Waals surface area contributed by atoms with E-state index in [1.807, 2.05) is 13.8 Å². The molecule has 23 heavy (non-hydrogen) atoms. The third-order valence-corrected chi connectivity index (χ3v) is 4.57. The van der Waals surface area contributed by atoms with Crippen LogP contribution in [0.4, 0.5) is 11.6 Å². The van der Waals surface area contributed by atoms with Crippen molar-refractivity contribution in [2.45, 2.75) is 25.2 Å². The van der Waals surface area contributed by atoms with Gasteiger partial charge in [0.25, 0.3) is 16.0 Å². The standard InChI is InChI=1S/C13H18N6O3S/c1-4-9(2)12(20)14-10-5-7-11(8-6-10)23(21,22)17-13-15-18-19(3)16-13/h5-9H,4H2,1-3H3,(H,14,20)(H,16,17). The fourth-order valence-electron chi connectivity index (χ4n) is 1.67. The van der Waals surface area contributed by atoms with Crippen LogP contribution in [-0.4, -0.2) is 34.5 Å². The summed E-state index contributed by atoms with van der Waals surface area (Å²) in [7, 11) is -2.28. The van der Waals surface area contributed by atoms with Crippen molar-refractivity contribution in [2.75, 3.05) is 10.0 Å². The van der Waals surface area contributed by atoms with Gasteiger partial charge in [0.05, 0.1) is 11.9 Å². The minimum absolute atomic E-state index is 0.0338. The highest BCUT2D eigenvalue weighted by atomic mass is 32.2. The van der Waals surface area contributed by atoms with Gasteiger partial charge in [0.2, 0.25) is 5.91 Å². The molecule has 0 radical (unpaired) electrons. The number of tetrazole rings is 1. The van der Waals surface area contributed by atoms with Crippen molar-refractivity contribution in [3.63, 3.8) is 0 Å². The summed E-state index contributed by atoms with van der Waals surface area (Å²) < 4.78 is 26.6. The van der Waals surface area contributed by atoms with Crippen molar-refractivity contribution in [1.29, 1.82) is 0 Å². The van der Waals surface area contributed by atoms with Gasteiger partial charge in [-0.25, -0.2) is 13.1 Å². The highest BCUT2D eigenvalue weighted by Gasteiger charge is 2.17. The molecule has 0 fully saturated rings. The summed E-state index contributed by atoms with van der Waals surface area (Å²) in [6.07, 6.45) is 0.729. The molecule has 0 aliphatic rings. The van der Waals surface area contributed by atoms with Crippen molar-refractivity contribution in [3.8, 4) is 0 Å². The van der Waals surface area contributed by atoms with Crippen LogP contribution in [0.5, 0.6) is 0 Å². The second kappa shape index (κ2) is 6.73. The molecule has 0 aliphatic heterocycles. The van der Waals surface area contributed by atoms with Gasteiger partial charge < -0.3 is 5.32 Å². The Morgan fingerprint density at radius 1 is 1.30 bits per heavy atom. The summed E-state index contributed by atoms with van der Waals surface area (Å²) >= 11 is 0. The Bertz CT molecular complexity index is 784. The predicted molar refractivity (Wildman–Crippen MR) is 84.1 cm³/mol. The number of carbonyl (C=O) groups excluding carboxylic acids is 1. The fraction of sp³-hybridized carbons (Fsp3) is 0.385. The molecule has 10 heteroatoms. The number of aromatic nitrogens is 4. The molecule has 0 saturated heterocycles. The fourth-order valence-corrected chi connectivity index (χ4v) is 2.61. The Balaban J connectivity index is 2.10. The maximum atomic E-state index is 12.2. The van der Waals surface area contributed by atoms with Gasteiger partial charge in [-0.3, -0.25) is 4.79 Å². The van der Waals surface area contributed by atoms with E-state index in [0.29, 0.717) is 5.69 Å². The third-order valence-electron chi connectivity index (χ3n) is 3.23. The quantitative estimate of drug-likeness (QED) is 0.811. The summed E-state index contributed by atoms with van der Waals surface area (Å²) in [6, 6.07) is 5.84. The Morgan fingerprint density at radius 3 is 2.48 bits per heavy atom. The van der Waals surface area contributed by atoms with E-state index in [-0.39, 0.29) is 22.7 Å². The molecular weight excluding hydrogens is 320 g/mol. The lowest BCUT2D eigenvalue weighted by Gasteiger charge is -2.10. The van der Waals surface area contributed by atoms with E-state index in [1.54, 1.807) is 0 Å². The molecule has 1 aromatic heterocycles. The zero-order valence-corrected chi connectivity index (χ0v) is 13.8. The molecule has 0 aliphatic carbocycles. The maximum absolute atomic E-state index is 12.2. The molecule has 1 aromatic carbocycles. The van der Waals surface area contributed by atoms with Gasteiger partial charge in [-0.05, 0) is 35.9 Å². The maximum Gasteiger partial charge on any atom is 0.277 e. The van der Waals surface area contributed by atoms with E-state index in [9.17, 15) is 13.2 Å². The van der Waals surface area contributed by atoms with Crippen LogP contribution < -0.4 is 10.0 Å². The number of hydrogen-bond acceptors (Lipinski definition) is 6. The third kappa shape index (κ3) is 4.25. The Morgan fingerprint density at radius 2 is 1.96 bits per heavy atom. The number of amides is 1. The van der Waals surface area contributed by atoms with E-state index in [0.717, 1.165) is 11.2 Å². The number of benzene rings is 1. The minimum Gasteiger partial charge on any atom is -0.326 e. The van der Waals surface area contributed by atoms with Crippen LogP contribution >= 0.6 is 0 Å². The topological polar surface area (TPSA) is 119 Å². The van der Waals surface area contributed by atoms with Crippen molar-refractivity contribution in [2.24, 2.45) is 13.0 Å². The van der Waals surface area contributed by atoms with Crippen LogP contribution in [0.15, 0.2) is 29.2 Å². The van der Waals surface area contributed by atoms with E-state index in [4.69, 9.17) is 0 Å². The number of sulfonamides is 1. The first-order valence-electron chi connectivity index (χ1n) is 6.99. The molecule has 1 amide bonds. The van der Waals surface area contributed by atoms with Crippen LogP contribution in [0.2, 0.25) is 0 Å². The van der Waals surface area contributed by atoms with Crippen molar-refractivity contribution >= 4 is 27.6 Å². The van der Waals surface area contributed by atoms with Crippen LogP contribution in [0.1, 0.15) is 20.3 Å². The molecule has 124 valence electrons. The first-order valence-corrected chi connectivity index (χ1v) is 8.48. The Hall–Kier alpha value is -2.49. The van der Waals surface area contributed by atoms with E-state index in [2.05, 4.69) is 25.4 Å². The highest BCUT2D eigenvalue weighted by molar-refractivity contribution is 7.92. The van der Waals surface area contributed by atoms with Crippen molar-refractivity contribution < 1.29 is 13.2 Å². The number of nitrogens with one attached hydrogen (secondary N) is 2. The van der Waals surface area contributed by atoms with Gasteiger partial charge in [-0.1, -0.05) is 18.9 Å². The summed E-state index contributed by atoms with van der Waals surface area (Å²) in [5.41, 5.74) is 0.534. The van der Waals surface area contributed by atoms with E-state index >= 15 is 0 Å². The lowest BCUT2D eigenvalue weighted by Crippen LogP contribution is -2.19. The molecule has 0 bridgehead atoms. The van der Waals surface area contributed by atoms with Crippen LogP contribution in [-0.2, 0) is 21.9 Å². The predicted octanol–water partition coefficient (Wildman–Crippen LogP) is 0.995. The summed E-state index contributed by atoms with van der Waals surface area (Å²) in [5.74, 6) is -0.325. The van der Waals surface area contributed by atoms with Gasteiger partial charge in [0.1, 0.15) is 0 Å². The summed E-state index contributed by atoms with van der Waals surface area (Å²) in [4.78, 5) is 13.0. The zero-order chi connectivity index (χ0) is 17.0. The summed E-state index contributed by atoms with van der Waals surface area (Å²) in [5, 5.41) is 13.6.